The Hall–Kier alpha value is -2.03. The van der Waals surface area contributed by atoms with Crippen molar-refractivity contribution in [2.24, 2.45) is 5.73 Å². The van der Waals surface area contributed by atoms with Gasteiger partial charge in [0.2, 0.25) is 0 Å². The van der Waals surface area contributed by atoms with Gasteiger partial charge in [0.05, 0.1) is 38.4 Å². The highest BCUT2D eigenvalue weighted by molar-refractivity contribution is 7.09. The second-order valence-corrected chi connectivity index (χ2v) is 5.80. The minimum atomic E-state index is -0.255. The van der Waals surface area contributed by atoms with Gasteiger partial charge in [-0.1, -0.05) is 0 Å². The molecule has 0 fully saturated rings. The first-order valence-electron chi connectivity index (χ1n) is 7.34. The molecule has 0 unspecified atom stereocenters. The third-order valence-electron chi connectivity index (χ3n) is 3.39. The summed E-state index contributed by atoms with van der Waals surface area (Å²) in [6, 6.07) is 3.48. The fourth-order valence-corrected chi connectivity index (χ4v) is 2.96. The maximum atomic E-state index is 12.3. The summed E-state index contributed by atoms with van der Waals surface area (Å²) in [4.78, 5) is 16.5. The second-order valence-electron chi connectivity index (χ2n) is 4.86. The molecule has 1 aromatic heterocycles. The van der Waals surface area contributed by atoms with Gasteiger partial charge >= 0.3 is 0 Å². The van der Waals surface area contributed by atoms with Crippen molar-refractivity contribution in [3.8, 4) is 17.2 Å². The molecular formula is C16H22ClN3O4S. The van der Waals surface area contributed by atoms with Gasteiger partial charge in [0.1, 0.15) is 22.9 Å². The molecule has 0 aliphatic heterocycles. The predicted octanol–water partition coefficient (Wildman–Crippen LogP) is 2.02. The van der Waals surface area contributed by atoms with Crippen LogP contribution in [-0.4, -0.2) is 38.8 Å². The Morgan fingerprint density at radius 1 is 1.20 bits per heavy atom. The van der Waals surface area contributed by atoms with Crippen LogP contribution < -0.4 is 25.3 Å². The molecule has 1 amide bonds. The molecule has 1 heterocycles. The lowest BCUT2D eigenvalue weighted by Crippen LogP contribution is -2.23. The molecule has 3 N–H and O–H groups in total. The standard InChI is InChI=1S/C16H21N3O4S.ClH/c1-21-10-6-13(22-2)11(14(7-10)23-3)8-18-16(20)12-9-24-15(19-12)4-5-17;/h6-7,9H,4-5,8,17H2,1-3H3,(H,18,20);1H. The van der Waals surface area contributed by atoms with E-state index in [1.165, 1.54) is 11.3 Å². The van der Waals surface area contributed by atoms with E-state index < -0.39 is 0 Å². The first kappa shape index (κ1) is 21.0. The number of rotatable bonds is 8. The van der Waals surface area contributed by atoms with E-state index in [-0.39, 0.29) is 24.9 Å². The largest absolute Gasteiger partial charge is 0.496 e. The Bertz CT molecular complexity index is 683. The zero-order valence-corrected chi connectivity index (χ0v) is 16.0. The minimum absolute atomic E-state index is 0. The van der Waals surface area contributed by atoms with Crippen LogP contribution in [0.4, 0.5) is 0 Å². The summed E-state index contributed by atoms with van der Waals surface area (Å²) < 4.78 is 15.9. The highest BCUT2D eigenvalue weighted by atomic mass is 35.5. The van der Waals surface area contributed by atoms with Crippen LogP contribution in [0.2, 0.25) is 0 Å². The summed E-state index contributed by atoms with van der Waals surface area (Å²) in [6.07, 6.45) is 0.665. The Morgan fingerprint density at radius 3 is 2.36 bits per heavy atom. The SMILES string of the molecule is COc1cc(OC)c(CNC(=O)c2csc(CCN)n2)c(OC)c1.Cl. The molecule has 0 atom stereocenters. The van der Waals surface area contributed by atoms with Gasteiger partial charge in [0.25, 0.3) is 5.91 Å². The van der Waals surface area contributed by atoms with Crippen LogP contribution in [0.15, 0.2) is 17.5 Å². The Balaban J connectivity index is 0.00000312. The molecule has 2 aromatic rings. The number of carbonyl (C=O) groups is 1. The van der Waals surface area contributed by atoms with Gasteiger partial charge in [-0.3, -0.25) is 4.79 Å². The number of nitrogens with two attached hydrogens (primary N) is 1. The van der Waals surface area contributed by atoms with Crippen LogP contribution in [0.3, 0.4) is 0 Å². The van der Waals surface area contributed by atoms with E-state index in [1.807, 2.05) is 0 Å². The van der Waals surface area contributed by atoms with Gasteiger partial charge in [-0.05, 0) is 6.54 Å². The Kier molecular flexibility index (Phi) is 8.47. The number of thiazole rings is 1. The van der Waals surface area contributed by atoms with Crippen LogP contribution >= 0.6 is 23.7 Å². The summed E-state index contributed by atoms with van der Waals surface area (Å²) >= 11 is 1.43. The molecular weight excluding hydrogens is 366 g/mol. The first-order chi connectivity index (χ1) is 11.6. The quantitative estimate of drug-likeness (QED) is 0.719. The topological polar surface area (TPSA) is 95.7 Å². The number of ether oxygens (including phenoxy) is 3. The van der Waals surface area contributed by atoms with Crippen LogP contribution in [0, 0.1) is 0 Å². The zero-order chi connectivity index (χ0) is 17.5. The molecule has 25 heavy (non-hydrogen) atoms. The average molecular weight is 388 g/mol. The number of nitrogens with zero attached hydrogens (tertiary/aromatic N) is 1. The normalized spacial score (nSPS) is 9.92. The molecule has 0 saturated heterocycles. The fraction of sp³-hybridized carbons (Fsp3) is 0.375. The fourth-order valence-electron chi connectivity index (χ4n) is 2.16. The predicted molar refractivity (Wildman–Crippen MR) is 99.4 cm³/mol. The van der Waals surface area contributed by atoms with Gasteiger partial charge in [0.15, 0.2) is 0 Å². The van der Waals surface area contributed by atoms with Crippen LogP contribution in [-0.2, 0) is 13.0 Å². The number of carbonyl (C=O) groups excluding carboxylic acids is 1. The van der Waals surface area contributed by atoms with E-state index in [0.29, 0.717) is 35.9 Å². The number of hydrogen-bond acceptors (Lipinski definition) is 7. The maximum Gasteiger partial charge on any atom is 0.271 e. The molecule has 0 aliphatic rings. The van der Waals surface area contributed by atoms with E-state index in [9.17, 15) is 4.79 Å². The van der Waals surface area contributed by atoms with Gasteiger partial charge in [0, 0.05) is 23.9 Å². The monoisotopic (exact) mass is 387 g/mol. The van der Waals surface area contributed by atoms with E-state index in [0.717, 1.165) is 10.6 Å². The van der Waals surface area contributed by atoms with Crippen molar-refractivity contribution in [1.29, 1.82) is 0 Å². The summed E-state index contributed by atoms with van der Waals surface area (Å²) in [7, 11) is 4.68. The van der Waals surface area contributed by atoms with E-state index in [4.69, 9.17) is 19.9 Å². The summed E-state index contributed by atoms with van der Waals surface area (Å²) in [6.45, 7) is 0.758. The van der Waals surface area contributed by atoms with E-state index in [1.54, 1.807) is 38.8 Å². The second kappa shape index (κ2) is 10.1. The average Bonchev–Trinajstić information content (AvgIpc) is 3.07. The van der Waals surface area contributed by atoms with Crippen molar-refractivity contribution in [2.45, 2.75) is 13.0 Å². The molecule has 7 nitrogen and oxygen atoms in total. The Labute approximate surface area is 156 Å². The summed E-state index contributed by atoms with van der Waals surface area (Å²) in [5.41, 5.74) is 6.61. The molecule has 0 aliphatic carbocycles. The van der Waals surface area contributed by atoms with Gasteiger partial charge < -0.3 is 25.3 Å². The lowest BCUT2D eigenvalue weighted by atomic mass is 10.1. The highest BCUT2D eigenvalue weighted by Crippen LogP contribution is 2.33. The first-order valence-corrected chi connectivity index (χ1v) is 8.22. The molecule has 1 aromatic carbocycles. The molecule has 138 valence electrons. The molecule has 2 rings (SSSR count). The lowest BCUT2D eigenvalue weighted by molar-refractivity contribution is 0.0946. The number of methoxy groups -OCH3 is 3. The lowest BCUT2D eigenvalue weighted by Gasteiger charge is -2.15. The van der Waals surface area contributed by atoms with E-state index in [2.05, 4.69) is 10.3 Å². The number of hydrogen-bond donors (Lipinski definition) is 2. The molecule has 9 heteroatoms. The van der Waals surface area contributed by atoms with Crippen molar-refractivity contribution in [3.63, 3.8) is 0 Å². The van der Waals surface area contributed by atoms with Crippen molar-refractivity contribution in [2.75, 3.05) is 27.9 Å². The van der Waals surface area contributed by atoms with Crippen LogP contribution in [0.5, 0.6) is 17.2 Å². The van der Waals surface area contributed by atoms with Gasteiger partial charge in [-0.25, -0.2) is 4.98 Å². The Morgan fingerprint density at radius 2 is 1.84 bits per heavy atom. The van der Waals surface area contributed by atoms with Crippen molar-refractivity contribution in [1.82, 2.24) is 10.3 Å². The van der Waals surface area contributed by atoms with Gasteiger partial charge in [-0.2, -0.15) is 0 Å². The van der Waals surface area contributed by atoms with Crippen LogP contribution in [0.1, 0.15) is 21.1 Å². The summed E-state index contributed by atoms with van der Waals surface area (Å²) in [5, 5.41) is 5.41. The minimum Gasteiger partial charge on any atom is -0.496 e. The third-order valence-corrected chi connectivity index (χ3v) is 4.29. The van der Waals surface area contributed by atoms with Crippen LogP contribution in [0.25, 0.3) is 0 Å². The number of amides is 1. The van der Waals surface area contributed by atoms with E-state index >= 15 is 0 Å². The van der Waals surface area contributed by atoms with Crippen molar-refractivity contribution in [3.05, 3.63) is 33.8 Å². The smallest absolute Gasteiger partial charge is 0.271 e. The van der Waals surface area contributed by atoms with Crippen molar-refractivity contribution >= 4 is 29.7 Å². The zero-order valence-electron chi connectivity index (χ0n) is 14.3. The molecule has 0 saturated carbocycles. The molecule has 0 radical (unpaired) electrons. The van der Waals surface area contributed by atoms with Crippen molar-refractivity contribution < 1.29 is 19.0 Å². The maximum absolute atomic E-state index is 12.3. The number of halogens is 1. The molecule has 0 bridgehead atoms. The van der Waals surface area contributed by atoms with Gasteiger partial charge in [-0.15, -0.1) is 23.7 Å². The number of aromatic nitrogens is 1. The number of benzene rings is 1. The third kappa shape index (κ3) is 5.22. The number of nitrogens with one attached hydrogen (secondary N) is 1. The highest BCUT2D eigenvalue weighted by Gasteiger charge is 2.16. The molecule has 0 spiro atoms. The summed E-state index contributed by atoms with van der Waals surface area (Å²) in [5.74, 6) is 1.52.